The average molecular weight is 365 g/mol. The molecule has 0 aliphatic heterocycles. The first-order valence-electron chi connectivity index (χ1n) is 8.18. The Kier molecular flexibility index (Phi) is 20.2. The van der Waals surface area contributed by atoms with Crippen LogP contribution in [0.3, 0.4) is 0 Å². The number of hydrogen-bond acceptors (Lipinski definition) is 5. The molecule has 22 heavy (non-hydrogen) atoms. The molecule has 2 N–H and O–H groups in total. The summed E-state index contributed by atoms with van der Waals surface area (Å²) < 4.78 is 27.5. The number of aliphatic hydroxyl groups is 2. The van der Waals surface area contributed by atoms with Crippen molar-refractivity contribution < 1.29 is 75.6 Å². The zero-order valence-electron chi connectivity index (χ0n) is 15.3. The molecule has 1 atom stereocenters. The van der Waals surface area contributed by atoms with Gasteiger partial charge in [0.05, 0.1) is 19.3 Å². The minimum Gasteiger partial charge on any atom is -1.00 e. The van der Waals surface area contributed by atoms with Gasteiger partial charge in [0.2, 0.25) is 0 Å². The molecule has 0 saturated carbocycles. The predicted molar refractivity (Wildman–Crippen MR) is 85.8 cm³/mol. The maximum Gasteiger partial charge on any atom is 1.00 e. The fourth-order valence-electron chi connectivity index (χ4n) is 2.11. The average Bonchev–Trinajstić information content (AvgIpc) is 2.44. The van der Waals surface area contributed by atoms with Crippen LogP contribution in [0.2, 0.25) is 0 Å². The van der Waals surface area contributed by atoms with Gasteiger partial charge in [0.15, 0.2) is 0 Å². The first-order chi connectivity index (χ1) is 10.0. The van der Waals surface area contributed by atoms with Gasteiger partial charge >= 0.3 is 51.4 Å². The Hall–Kier alpha value is 1.47. The van der Waals surface area contributed by atoms with Gasteiger partial charge in [-0.1, -0.05) is 64.7 Å². The van der Waals surface area contributed by atoms with Crippen LogP contribution in [0, 0.1) is 0 Å². The first kappa shape index (κ1) is 25.7. The van der Waals surface area contributed by atoms with Crippen molar-refractivity contribution in [3.05, 3.63) is 0 Å². The molecule has 0 bridgehead atoms. The van der Waals surface area contributed by atoms with Gasteiger partial charge in [0.1, 0.15) is 5.75 Å². The minimum absolute atomic E-state index is 0. The summed E-state index contributed by atoms with van der Waals surface area (Å²) in [5.41, 5.74) is 0. The van der Waals surface area contributed by atoms with Gasteiger partial charge in [0.25, 0.3) is 10.1 Å². The van der Waals surface area contributed by atoms with Gasteiger partial charge in [-0.05, 0) is 6.42 Å². The van der Waals surface area contributed by atoms with E-state index in [1.807, 2.05) is 0 Å². The van der Waals surface area contributed by atoms with Crippen LogP contribution in [0.4, 0.5) is 0 Å². The Morgan fingerprint density at radius 2 is 1.41 bits per heavy atom. The maximum atomic E-state index is 11.4. The van der Waals surface area contributed by atoms with E-state index in [0.29, 0.717) is 6.42 Å². The molecule has 0 spiro atoms. The van der Waals surface area contributed by atoms with Crippen molar-refractivity contribution in [1.29, 1.82) is 0 Å². The van der Waals surface area contributed by atoms with Crippen LogP contribution in [0.1, 0.15) is 72.6 Å². The Morgan fingerprint density at radius 3 is 1.86 bits per heavy atom. The Morgan fingerprint density at radius 1 is 0.955 bits per heavy atom. The van der Waals surface area contributed by atoms with E-state index < -0.39 is 28.6 Å². The van der Waals surface area contributed by atoms with Crippen LogP contribution in [0.15, 0.2) is 0 Å². The van der Waals surface area contributed by atoms with Crippen molar-refractivity contribution in [1.82, 2.24) is 0 Å². The normalized spacial score (nSPS) is 12.9. The van der Waals surface area contributed by atoms with E-state index in [1.54, 1.807) is 0 Å². The summed E-state index contributed by atoms with van der Waals surface area (Å²) in [5.74, 6) is -0.540. The summed E-state index contributed by atoms with van der Waals surface area (Å²) in [5, 5.41) is 17.6. The molecule has 0 rings (SSSR count). The second kappa shape index (κ2) is 17.3. The predicted octanol–water partition coefficient (Wildman–Crippen LogP) is -0.277. The summed E-state index contributed by atoms with van der Waals surface area (Å²) >= 11 is 0. The van der Waals surface area contributed by atoms with Crippen LogP contribution < -0.4 is 51.4 Å². The monoisotopic (exact) mass is 364 g/mol. The van der Waals surface area contributed by atoms with Gasteiger partial charge in [-0.3, -0.25) is 4.18 Å². The molecule has 0 aromatic rings. The third-order valence-electron chi connectivity index (χ3n) is 3.37. The van der Waals surface area contributed by atoms with Crippen molar-refractivity contribution in [2.45, 2.75) is 77.2 Å². The Labute approximate surface area is 180 Å². The van der Waals surface area contributed by atoms with Gasteiger partial charge in [-0.15, -0.1) is 0 Å². The SMILES string of the molecule is CCCCCCCCCCCCOS(=O)(=O)CC(O)CO.[H-].[K+]. The molecule has 5 nitrogen and oxygen atoms in total. The maximum absolute atomic E-state index is 11.4. The van der Waals surface area contributed by atoms with Crippen molar-refractivity contribution in [3.63, 3.8) is 0 Å². The summed E-state index contributed by atoms with van der Waals surface area (Å²) in [7, 11) is -3.71. The zero-order chi connectivity index (χ0) is 16.0. The van der Waals surface area contributed by atoms with Gasteiger partial charge in [-0.2, -0.15) is 8.42 Å². The number of aliphatic hydroxyl groups excluding tert-OH is 2. The number of hydrogen-bond donors (Lipinski definition) is 2. The fourth-order valence-corrected chi connectivity index (χ4v) is 3.16. The molecule has 1 unspecified atom stereocenters. The van der Waals surface area contributed by atoms with Gasteiger partial charge in [-0.25, -0.2) is 0 Å². The van der Waals surface area contributed by atoms with Crippen LogP contribution >= 0.6 is 0 Å². The summed E-state index contributed by atoms with van der Waals surface area (Å²) in [6.45, 7) is 1.81. The van der Waals surface area contributed by atoms with Crippen LogP contribution in [0.5, 0.6) is 0 Å². The molecule has 0 fully saturated rings. The van der Waals surface area contributed by atoms with E-state index in [9.17, 15) is 8.42 Å². The molecule has 0 saturated heterocycles. The zero-order valence-corrected chi connectivity index (χ0v) is 18.2. The van der Waals surface area contributed by atoms with Gasteiger partial charge in [0, 0.05) is 0 Å². The minimum atomic E-state index is -3.71. The largest absolute Gasteiger partial charge is 1.00 e. The molecule has 0 radical (unpaired) electrons. The van der Waals surface area contributed by atoms with Crippen LogP contribution in [-0.2, 0) is 14.3 Å². The molecule has 0 amide bonds. The topological polar surface area (TPSA) is 83.8 Å². The van der Waals surface area contributed by atoms with Crippen molar-refractivity contribution >= 4 is 10.1 Å². The van der Waals surface area contributed by atoms with Crippen LogP contribution in [-0.4, -0.2) is 43.7 Å². The van der Waals surface area contributed by atoms with E-state index in [1.165, 1.54) is 44.9 Å². The molecule has 0 heterocycles. The Bertz CT molecular complexity index is 328. The van der Waals surface area contributed by atoms with E-state index in [2.05, 4.69) is 6.92 Å². The van der Waals surface area contributed by atoms with Crippen molar-refractivity contribution in [2.75, 3.05) is 19.0 Å². The van der Waals surface area contributed by atoms with E-state index in [-0.39, 0.29) is 59.4 Å². The molecular formula is C15H33KO5S. The fraction of sp³-hybridized carbons (Fsp3) is 1.00. The molecule has 0 aliphatic carbocycles. The quantitative estimate of drug-likeness (QED) is 0.237. The van der Waals surface area contributed by atoms with Gasteiger partial charge < -0.3 is 11.6 Å². The van der Waals surface area contributed by atoms with Crippen molar-refractivity contribution in [2.24, 2.45) is 0 Å². The van der Waals surface area contributed by atoms with E-state index in [0.717, 1.165) is 12.8 Å². The van der Waals surface area contributed by atoms with Crippen LogP contribution in [0.25, 0.3) is 0 Å². The Balaban J connectivity index is -0.00000200. The smallest absolute Gasteiger partial charge is 1.00 e. The third kappa shape index (κ3) is 17.8. The second-order valence-electron chi connectivity index (χ2n) is 5.56. The standard InChI is InChI=1S/C15H32O5S.K.H/c1-2-3-4-5-6-7-8-9-10-11-12-20-21(18,19)14-15(17)13-16;;/h15-17H,2-14H2,1H3;;/q;+1;-1. The molecule has 7 heteroatoms. The number of rotatable bonds is 15. The molecular weight excluding hydrogens is 331 g/mol. The molecule has 0 aromatic carbocycles. The van der Waals surface area contributed by atoms with Crippen molar-refractivity contribution in [3.8, 4) is 0 Å². The molecule has 0 aromatic heterocycles. The van der Waals surface area contributed by atoms with E-state index in [4.69, 9.17) is 14.4 Å². The molecule has 130 valence electrons. The number of unbranched alkanes of at least 4 members (excludes halogenated alkanes) is 9. The summed E-state index contributed by atoms with van der Waals surface area (Å²) in [6, 6.07) is 0. The third-order valence-corrected chi connectivity index (χ3v) is 4.69. The summed E-state index contributed by atoms with van der Waals surface area (Å²) in [4.78, 5) is 0. The second-order valence-corrected chi connectivity index (χ2v) is 7.25. The first-order valence-corrected chi connectivity index (χ1v) is 9.75. The van der Waals surface area contributed by atoms with E-state index >= 15 is 0 Å². The summed E-state index contributed by atoms with van der Waals surface area (Å²) in [6.07, 6.45) is 10.5. The molecule has 0 aliphatic rings.